The fraction of sp³-hybridized carbons (Fsp3) is 0.600. The summed E-state index contributed by atoms with van der Waals surface area (Å²) in [6, 6.07) is 3.91. The second kappa shape index (κ2) is 7.53. The molecule has 1 aromatic rings. The zero-order valence-electron chi connectivity index (χ0n) is 12.1. The molecule has 1 aliphatic rings. The molecule has 0 saturated heterocycles. The van der Waals surface area contributed by atoms with E-state index in [0.717, 1.165) is 6.42 Å². The van der Waals surface area contributed by atoms with Gasteiger partial charge in [0.1, 0.15) is 11.4 Å². The Morgan fingerprint density at radius 1 is 1.50 bits per heavy atom. The van der Waals surface area contributed by atoms with Crippen LogP contribution in [0.1, 0.15) is 43.0 Å². The number of rotatable bonds is 5. The second-order valence-electron chi connectivity index (χ2n) is 4.93. The summed E-state index contributed by atoms with van der Waals surface area (Å²) in [6.07, 6.45) is 8.73. The van der Waals surface area contributed by atoms with Gasteiger partial charge in [0, 0.05) is 17.5 Å². The van der Waals surface area contributed by atoms with Gasteiger partial charge in [-0.2, -0.15) is 11.8 Å². The lowest BCUT2D eigenvalue weighted by molar-refractivity contribution is 0.0527. The Kier molecular flexibility index (Phi) is 5.71. The Bertz CT molecular complexity index is 453. The van der Waals surface area contributed by atoms with Crippen LogP contribution >= 0.6 is 11.8 Å². The van der Waals surface area contributed by atoms with Crippen molar-refractivity contribution in [1.82, 2.24) is 4.98 Å². The Morgan fingerprint density at radius 3 is 3.05 bits per heavy atom. The van der Waals surface area contributed by atoms with Gasteiger partial charge in [-0.15, -0.1) is 0 Å². The molecule has 2 unspecified atom stereocenters. The van der Waals surface area contributed by atoms with Crippen LogP contribution in [0.15, 0.2) is 18.3 Å². The molecule has 1 aromatic heterocycles. The van der Waals surface area contributed by atoms with E-state index in [0.29, 0.717) is 29.3 Å². The highest BCUT2D eigenvalue weighted by Crippen LogP contribution is 2.29. The van der Waals surface area contributed by atoms with E-state index in [9.17, 15) is 4.79 Å². The van der Waals surface area contributed by atoms with Crippen molar-refractivity contribution in [2.45, 2.75) is 43.9 Å². The number of aromatic nitrogens is 1. The third kappa shape index (κ3) is 3.66. The van der Waals surface area contributed by atoms with Crippen LogP contribution in [0.25, 0.3) is 0 Å². The summed E-state index contributed by atoms with van der Waals surface area (Å²) in [6.45, 7) is 2.19. The van der Waals surface area contributed by atoms with Gasteiger partial charge in [0.25, 0.3) is 0 Å². The normalized spacial score (nSPS) is 22.3. The van der Waals surface area contributed by atoms with Crippen LogP contribution in [0, 0.1) is 0 Å². The summed E-state index contributed by atoms with van der Waals surface area (Å²) >= 11 is 1.89. The molecule has 20 heavy (non-hydrogen) atoms. The predicted molar refractivity (Wildman–Crippen MR) is 83.4 cm³/mol. The standard InChI is InChI=1S/C15H22N2O2S/c1-3-19-15(18)11-7-6-10-16-14(11)17-12-8-4-5-9-13(12)20-2/h6-7,10,12-13H,3-5,8-9H2,1-2H3,(H,16,17). The van der Waals surface area contributed by atoms with Crippen molar-refractivity contribution in [1.29, 1.82) is 0 Å². The number of nitrogens with zero attached hydrogens (tertiary/aromatic N) is 1. The van der Waals surface area contributed by atoms with Crippen molar-refractivity contribution >= 4 is 23.5 Å². The Hall–Kier alpha value is -1.23. The van der Waals surface area contributed by atoms with Gasteiger partial charge in [0.05, 0.1) is 6.61 Å². The van der Waals surface area contributed by atoms with Crippen LogP contribution in [0.4, 0.5) is 5.82 Å². The molecule has 0 spiro atoms. The number of carbonyl (C=O) groups is 1. The number of thioether (sulfide) groups is 1. The van der Waals surface area contributed by atoms with E-state index in [1.165, 1.54) is 19.3 Å². The van der Waals surface area contributed by atoms with Crippen LogP contribution in [0.3, 0.4) is 0 Å². The molecule has 0 bridgehead atoms. The van der Waals surface area contributed by atoms with Crippen molar-refractivity contribution < 1.29 is 9.53 Å². The number of pyridine rings is 1. The van der Waals surface area contributed by atoms with E-state index >= 15 is 0 Å². The van der Waals surface area contributed by atoms with Gasteiger partial charge in [-0.1, -0.05) is 12.8 Å². The Balaban J connectivity index is 2.13. The summed E-state index contributed by atoms with van der Waals surface area (Å²) in [5.74, 6) is 0.344. The molecular weight excluding hydrogens is 272 g/mol. The fourth-order valence-corrected chi connectivity index (χ4v) is 3.55. The summed E-state index contributed by atoms with van der Waals surface area (Å²) in [5, 5.41) is 4.04. The lowest BCUT2D eigenvalue weighted by Gasteiger charge is -2.31. The largest absolute Gasteiger partial charge is 0.462 e. The van der Waals surface area contributed by atoms with Crippen LogP contribution in [-0.2, 0) is 4.74 Å². The maximum absolute atomic E-state index is 12.0. The topological polar surface area (TPSA) is 51.2 Å². The van der Waals surface area contributed by atoms with Crippen LogP contribution < -0.4 is 5.32 Å². The smallest absolute Gasteiger partial charge is 0.341 e. The van der Waals surface area contributed by atoms with Gasteiger partial charge in [-0.25, -0.2) is 9.78 Å². The van der Waals surface area contributed by atoms with Gasteiger partial charge in [0.2, 0.25) is 0 Å². The second-order valence-corrected chi connectivity index (χ2v) is 6.01. The Morgan fingerprint density at radius 2 is 2.30 bits per heavy atom. The minimum atomic E-state index is -0.306. The Labute approximate surface area is 124 Å². The zero-order valence-corrected chi connectivity index (χ0v) is 12.9. The molecule has 1 aliphatic carbocycles. The van der Waals surface area contributed by atoms with E-state index in [1.54, 1.807) is 18.3 Å². The van der Waals surface area contributed by atoms with Crippen LogP contribution in [-0.4, -0.2) is 35.1 Å². The minimum absolute atomic E-state index is 0.306. The van der Waals surface area contributed by atoms with Crippen LogP contribution in [0.2, 0.25) is 0 Å². The zero-order chi connectivity index (χ0) is 14.4. The van der Waals surface area contributed by atoms with E-state index < -0.39 is 0 Å². The van der Waals surface area contributed by atoms with Crippen molar-refractivity contribution in [2.75, 3.05) is 18.2 Å². The van der Waals surface area contributed by atoms with E-state index in [4.69, 9.17) is 4.74 Å². The highest BCUT2D eigenvalue weighted by atomic mass is 32.2. The number of hydrogen-bond acceptors (Lipinski definition) is 5. The SMILES string of the molecule is CCOC(=O)c1cccnc1NC1CCCCC1SC. The van der Waals surface area contributed by atoms with Crippen molar-refractivity contribution in [3.63, 3.8) is 0 Å². The number of ether oxygens (including phenoxy) is 1. The van der Waals surface area contributed by atoms with E-state index in [2.05, 4.69) is 16.6 Å². The first-order valence-electron chi connectivity index (χ1n) is 7.17. The van der Waals surface area contributed by atoms with Gasteiger partial charge in [-0.05, 0) is 38.2 Å². The molecule has 5 heteroatoms. The average Bonchev–Trinajstić information content (AvgIpc) is 2.48. The molecule has 0 amide bonds. The molecule has 4 nitrogen and oxygen atoms in total. The first-order valence-corrected chi connectivity index (χ1v) is 8.46. The van der Waals surface area contributed by atoms with Crippen LogP contribution in [0.5, 0.6) is 0 Å². The number of esters is 1. The maximum Gasteiger partial charge on any atom is 0.341 e. The van der Waals surface area contributed by atoms with E-state index in [-0.39, 0.29) is 5.97 Å². The summed E-state index contributed by atoms with van der Waals surface area (Å²) in [5.41, 5.74) is 0.528. The molecule has 1 saturated carbocycles. The van der Waals surface area contributed by atoms with Gasteiger partial charge in [-0.3, -0.25) is 0 Å². The average molecular weight is 294 g/mol. The lowest BCUT2D eigenvalue weighted by Crippen LogP contribution is -2.35. The van der Waals surface area contributed by atoms with E-state index in [1.807, 2.05) is 18.7 Å². The molecule has 2 rings (SSSR count). The number of nitrogens with one attached hydrogen (secondary N) is 1. The van der Waals surface area contributed by atoms with Gasteiger partial charge >= 0.3 is 5.97 Å². The number of anilines is 1. The first-order chi connectivity index (χ1) is 9.76. The van der Waals surface area contributed by atoms with Crippen molar-refractivity contribution in [2.24, 2.45) is 0 Å². The number of carbonyl (C=O) groups excluding carboxylic acids is 1. The molecule has 1 fully saturated rings. The van der Waals surface area contributed by atoms with Crippen molar-refractivity contribution in [3.05, 3.63) is 23.9 Å². The van der Waals surface area contributed by atoms with Gasteiger partial charge in [0.15, 0.2) is 0 Å². The quantitative estimate of drug-likeness (QED) is 0.844. The summed E-state index contributed by atoms with van der Waals surface area (Å²) < 4.78 is 5.09. The molecule has 0 radical (unpaired) electrons. The summed E-state index contributed by atoms with van der Waals surface area (Å²) in [7, 11) is 0. The maximum atomic E-state index is 12.0. The molecule has 1 heterocycles. The minimum Gasteiger partial charge on any atom is -0.462 e. The molecule has 110 valence electrons. The molecule has 0 aromatic carbocycles. The van der Waals surface area contributed by atoms with Gasteiger partial charge < -0.3 is 10.1 Å². The summed E-state index contributed by atoms with van der Waals surface area (Å²) in [4.78, 5) is 16.3. The fourth-order valence-electron chi connectivity index (χ4n) is 2.61. The third-order valence-corrected chi connectivity index (χ3v) is 4.80. The highest BCUT2D eigenvalue weighted by Gasteiger charge is 2.26. The molecule has 1 N–H and O–H groups in total. The molecule has 0 aliphatic heterocycles. The monoisotopic (exact) mass is 294 g/mol. The lowest BCUT2D eigenvalue weighted by atomic mass is 9.94. The molecule has 2 atom stereocenters. The predicted octanol–water partition coefficient (Wildman–Crippen LogP) is 3.34. The highest BCUT2D eigenvalue weighted by molar-refractivity contribution is 7.99. The number of hydrogen-bond donors (Lipinski definition) is 1. The third-order valence-electron chi connectivity index (χ3n) is 3.63. The van der Waals surface area contributed by atoms with Crippen molar-refractivity contribution in [3.8, 4) is 0 Å². The molecular formula is C15H22N2O2S. The first kappa shape index (κ1) is 15.2.